The molecular weight excluding hydrogens is 266 g/mol. The number of rotatable bonds is 4. The predicted octanol–water partition coefficient (Wildman–Crippen LogP) is 4.00. The van der Waals surface area contributed by atoms with E-state index in [0.29, 0.717) is 10.6 Å². The molecule has 0 bridgehead atoms. The summed E-state index contributed by atoms with van der Waals surface area (Å²) >= 11 is 2.84. The molecule has 0 fully saturated rings. The number of carboxylic acids is 1. The van der Waals surface area contributed by atoms with Crippen LogP contribution in [0, 0.1) is 6.92 Å². The first-order valence-electron chi connectivity index (χ1n) is 5.50. The van der Waals surface area contributed by atoms with E-state index in [1.165, 1.54) is 16.9 Å². The van der Waals surface area contributed by atoms with Gasteiger partial charge in [-0.15, -0.1) is 11.3 Å². The van der Waals surface area contributed by atoms with Crippen molar-refractivity contribution in [2.45, 2.75) is 23.4 Å². The average Bonchev–Trinajstić information content (AvgIpc) is 2.71. The molecular formula is C13H13NO2S2. The van der Waals surface area contributed by atoms with E-state index in [0.717, 1.165) is 4.34 Å². The van der Waals surface area contributed by atoms with Gasteiger partial charge in [0.15, 0.2) is 4.34 Å². The van der Waals surface area contributed by atoms with Crippen LogP contribution >= 0.6 is 23.1 Å². The summed E-state index contributed by atoms with van der Waals surface area (Å²) < 4.78 is 0.807. The van der Waals surface area contributed by atoms with Crippen LogP contribution in [0.25, 0.3) is 0 Å². The van der Waals surface area contributed by atoms with Gasteiger partial charge in [-0.3, -0.25) is 0 Å². The largest absolute Gasteiger partial charge is 0.477 e. The highest BCUT2D eigenvalue weighted by atomic mass is 32.2. The third-order valence-electron chi connectivity index (χ3n) is 2.52. The van der Waals surface area contributed by atoms with E-state index in [1.54, 1.807) is 18.7 Å². The number of aryl methyl sites for hydroxylation is 1. The summed E-state index contributed by atoms with van der Waals surface area (Å²) in [7, 11) is 0. The van der Waals surface area contributed by atoms with Crippen LogP contribution in [0.15, 0.2) is 34.7 Å². The number of nitrogens with zero attached hydrogens (tertiary/aromatic N) is 1. The summed E-state index contributed by atoms with van der Waals surface area (Å²) in [6, 6.07) is 10.1. The molecule has 0 saturated carbocycles. The molecule has 1 aromatic heterocycles. The number of carboxylic acid groups (broad SMARTS) is 1. The number of carbonyl (C=O) groups is 1. The zero-order valence-corrected chi connectivity index (χ0v) is 11.7. The van der Waals surface area contributed by atoms with Gasteiger partial charge >= 0.3 is 5.97 Å². The first-order valence-corrected chi connectivity index (χ1v) is 7.20. The van der Waals surface area contributed by atoms with Gasteiger partial charge in [0.2, 0.25) is 0 Å². The number of benzene rings is 1. The highest BCUT2D eigenvalue weighted by Crippen LogP contribution is 2.37. The number of hydrogen-bond donors (Lipinski definition) is 1. The van der Waals surface area contributed by atoms with Gasteiger partial charge in [-0.1, -0.05) is 42.1 Å². The lowest BCUT2D eigenvalue weighted by Gasteiger charge is -2.08. The van der Waals surface area contributed by atoms with Gasteiger partial charge in [0.05, 0.1) is 5.69 Å². The normalized spacial score (nSPS) is 12.3. The van der Waals surface area contributed by atoms with E-state index in [-0.39, 0.29) is 5.25 Å². The monoisotopic (exact) mass is 279 g/mol. The van der Waals surface area contributed by atoms with Gasteiger partial charge in [0, 0.05) is 5.25 Å². The second-order valence-electron chi connectivity index (χ2n) is 3.87. The van der Waals surface area contributed by atoms with Crippen LogP contribution < -0.4 is 0 Å². The van der Waals surface area contributed by atoms with Crippen LogP contribution in [0.4, 0.5) is 0 Å². The predicted molar refractivity (Wildman–Crippen MR) is 74.5 cm³/mol. The van der Waals surface area contributed by atoms with Crippen molar-refractivity contribution in [3.8, 4) is 0 Å². The van der Waals surface area contributed by atoms with Gasteiger partial charge in [-0.2, -0.15) is 0 Å². The zero-order valence-electron chi connectivity index (χ0n) is 10.1. The number of aromatic nitrogens is 1. The van der Waals surface area contributed by atoms with E-state index in [2.05, 4.69) is 24.0 Å². The molecule has 1 heterocycles. The maximum atomic E-state index is 11.0. The van der Waals surface area contributed by atoms with Gasteiger partial charge in [0.1, 0.15) is 4.88 Å². The second-order valence-corrected chi connectivity index (χ2v) is 6.46. The minimum atomic E-state index is -0.899. The van der Waals surface area contributed by atoms with Crippen LogP contribution in [0.1, 0.15) is 33.1 Å². The Balaban J connectivity index is 2.15. The van der Waals surface area contributed by atoms with E-state index in [4.69, 9.17) is 5.11 Å². The first-order chi connectivity index (χ1) is 8.58. The molecule has 3 nitrogen and oxygen atoms in total. The molecule has 18 heavy (non-hydrogen) atoms. The highest BCUT2D eigenvalue weighted by molar-refractivity contribution is 8.01. The van der Waals surface area contributed by atoms with E-state index in [1.807, 2.05) is 18.2 Å². The Hall–Kier alpha value is -1.33. The second kappa shape index (κ2) is 5.54. The van der Waals surface area contributed by atoms with Crippen molar-refractivity contribution < 1.29 is 9.90 Å². The Morgan fingerprint density at radius 3 is 2.61 bits per heavy atom. The molecule has 0 spiro atoms. The average molecular weight is 279 g/mol. The molecule has 0 radical (unpaired) electrons. The third kappa shape index (κ3) is 2.91. The number of thioether (sulfide) groups is 1. The summed E-state index contributed by atoms with van der Waals surface area (Å²) in [5, 5.41) is 9.25. The van der Waals surface area contributed by atoms with Crippen LogP contribution in [0.5, 0.6) is 0 Å². The number of hydrogen-bond acceptors (Lipinski definition) is 4. The van der Waals surface area contributed by atoms with E-state index >= 15 is 0 Å². The Bertz CT molecular complexity index is 551. The lowest BCUT2D eigenvalue weighted by molar-refractivity contribution is 0.0701. The maximum Gasteiger partial charge on any atom is 0.347 e. The van der Waals surface area contributed by atoms with E-state index < -0.39 is 5.97 Å². The van der Waals surface area contributed by atoms with Crippen LogP contribution in [0.3, 0.4) is 0 Å². The summed E-state index contributed by atoms with van der Waals surface area (Å²) in [5.74, 6) is -0.899. The smallest absolute Gasteiger partial charge is 0.347 e. The molecule has 1 aromatic carbocycles. The van der Waals surface area contributed by atoms with Gasteiger partial charge in [0.25, 0.3) is 0 Å². The van der Waals surface area contributed by atoms with Gasteiger partial charge in [-0.25, -0.2) is 9.78 Å². The van der Waals surface area contributed by atoms with Gasteiger partial charge in [-0.05, 0) is 19.4 Å². The Morgan fingerprint density at radius 2 is 2.06 bits per heavy atom. The Kier molecular flexibility index (Phi) is 4.04. The molecule has 0 aliphatic carbocycles. The third-order valence-corrected chi connectivity index (χ3v) is 4.92. The topological polar surface area (TPSA) is 50.2 Å². The number of thiazole rings is 1. The summed E-state index contributed by atoms with van der Waals surface area (Å²) in [4.78, 5) is 15.6. The zero-order chi connectivity index (χ0) is 13.1. The van der Waals surface area contributed by atoms with Crippen LogP contribution in [-0.4, -0.2) is 16.1 Å². The minimum absolute atomic E-state index is 0.262. The van der Waals surface area contributed by atoms with Crippen LogP contribution in [-0.2, 0) is 0 Å². The maximum absolute atomic E-state index is 11.0. The van der Waals surface area contributed by atoms with Crippen LogP contribution in [0.2, 0.25) is 0 Å². The lowest BCUT2D eigenvalue weighted by atomic mass is 10.2. The standard InChI is InChI=1S/C13H13NO2S2/c1-8-11(12(15)16)18-13(14-8)17-9(2)10-6-4-3-5-7-10/h3-7,9H,1-2H3,(H,15,16). The molecule has 0 aliphatic heterocycles. The quantitative estimate of drug-likeness (QED) is 0.859. The molecule has 2 aromatic rings. The van der Waals surface area contributed by atoms with Gasteiger partial charge < -0.3 is 5.11 Å². The Morgan fingerprint density at radius 1 is 1.39 bits per heavy atom. The summed E-state index contributed by atoms with van der Waals surface area (Å²) in [6.45, 7) is 3.83. The van der Waals surface area contributed by atoms with E-state index in [9.17, 15) is 4.79 Å². The number of aromatic carboxylic acids is 1. The lowest BCUT2D eigenvalue weighted by Crippen LogP contribution is -1.94. The molecule has 1 unspecified atom stereocenters. The molecule has 2 rings (SSSR count). The SMILES string of the molecule is Cc1nc(SC(C)c2ccccc2)sc1C(=O)O. The molecule has 1 N–H and O–H groups in total. The van der Waals surface area contributed by atoms with Crippen molar-refractivity contribution in [2.75, 3.05) is 0 Å². The molecule has 0 saturated heterocycles. The fraction of sp³-hybridized carbons (Fsp3) is 0.231. The summed E-state index contributed by atoms with van der Waals surface area (Å²) in [5.41, 5.74) is 1.81. The molecule has 1 atom stereocenters. The van der Waals surface area contributed by atoms with Crippen molar-refractivity contribution >= 4 is 29.1 Å². The first kappa shape index (κ1) is 13.1. The van der Waals surface area contributed by atoms with Crippen molar-refractivity contribution in [2.24, 2.45) is 0 Å². The van der Waals surface area contributed by atoms with Crippen molar-refractivity contribution in [3.63, 3.8) is 0 Å². The summed E-state index contributed by atoms with van der Waals surface area (Å²) in [6.07, 6.45) is 0. The Labute approximate surface area is 114 Å². The highest BCUT2D eigenvalue weighted by Gasteiger charge is 2.16. The molecule has 0 amide bonds. The van der Waals surface area contributed by atoms with Crippen molar-refractivity contribution in [3.05, 3.63) is 46.5 Å². The molecule has 5 heteroatoms. The molecule has 94 valence electrons. The molecule has 0 aliphatic rings. The minimum Gasteiger partial charge on any atom is -0.477 e. The van der Waals surface area contributed by atoms with Crippen molar-refractivity contribution in [1.29, 1.82) is 0 Å². The fourth-order valence-corrected chi connectivity index (χ4v) is 3.86. The van der Waals surface area contributed by atoms with Crippen molar-refractivity contribution in [1.82, 2.24) is 4.98 Å². The fourth-order valence-electron chi connectivity index (χ4n) is 1.56.